The van der Waals surface area contributed by atoms with Crippen LogP contribution in [0, 0.1) is 6.92 Å². The average molecular weight is 286 g/mol. The van der Waals surface area contributed by atoms with Crippen molar-refractivity contribution in [2.45, 2.75) is 19.4 Å². The number of halogens is 1. The van der Waals surface area contributed by atoms with Gasteiger partial charge in [-0.25, -0.2) is 0 Å². The van der Waals surface area contributed by atoms with Gasteiger partial charge in [-0.15, -0.1) is 0 Å². The zero-order valence-corrected chi connectivity index (χ0v) is 10.9. The number of nitrogens with one attached hydrogen (secondary N) is 1. The standard InChI is InChI=1S/C12H16BrNO2/c1-9-2-3-11(13)12(6-9)14-7-10-4-5-15-8-16-10/h2-3,6,10,14H,4-5,7-8H2,1H3. The number of benzene rings is 1. The fourth-order valence-corrected chi connectivity index (χ4v) is 2.05. The summed E-state index contributed by atoms with van der Waals surface area (Å²) in [5.74, 6) is 0. The van der Waals surface area contributed by atoms with E-state index in [1.807, 2.05) is 0 Å². The van der Waals surface area contributed by atoms with Crippen LogP contribution >= 0.6 is 15.9 Å². The van der Waals surface area contributed by atoms with Crippen molar-refractivity contribution in [3.05, 3.63) is 28.2 Å². The SMILES string of the molecule is Cc1ccc(Br)c(NCC2CCOCO2)c1. The highest BCUT2D eigenvalue weighted by molar-refractivity contribution is 9.10. The molecule has 0 amide bonds. The summed E-state index contributed by atoms with van der Waals surface area (Å²) in [5, 5.41) is 3.40. The zero-order valence-electron chi connectivity index (χ0n) is 9.33. The third-order valence-electron chi connectivity index (χ3n) is 2.61. The molecule has 3 nitrogen and oxygen atoms in total. The van der Waals surface area contributed by atoms with E-state index in [9.17, 15) is 0 Å². The number of hydrogen-bond acceptors (Lipinski definition) is 3. The van der Waals surface area contributed by atoms with E-state index in [1.165, 1.54) is 5.56 Å². The third-order valence-corrected chi connectivity index (χ3v) is 3.30. The molecule has 1 aliphatic heterocycles. The van der Waals surface area contributed by atoms with Crippen LogP contribution in [0.4, 0.5) is 5.69 Å². The lowest BCUT2D eigenvalue weighted by molar-refractivity contribution is -0.133. The molecular weight excluding hydrogens is 270 g/mol. The lowest BCUT2D eigenvalue weighted by Crippen LogP contribution is -2.30. The second kappa shape index (κ2) is 5.66. The summed E-state index contributed by atoms with van der Waals surface area (Å²) in [5.41, 5.74) is 2.37. The number of hydrogen-bond donors (Lipinski definition) is 1. The molecule has 4 heteroatoms. The van der Waals surface area contributed by atoms with Crippen molar-refractivity contribution in [2.24, 2.45) is 0 Å². The Hall–Kier alpha value is -0.580. The first-order valence-electron chi connectivity index (χ1n) is 5.45. The number of ether oxygens (including phenoxy) is 2. The molecule has 16 heavy (non-hydrogen) atoms. The van der Waals surface area contributed by atoms with Crippen molar-refractivity contribution < 1.29 is 9.47 Å². The molecule has 1 saturated heterocycles. The lowest BCUT2D eigenvalue weighted by atomic mass is 10.2. The minimum absolute atomic E-state index is 0.251. The normalized spacial score (nSPS) is 20.8. The highest BCUT2D eigenvalue weighted by Crippen LogP contribution is 2.23. The molecule has 1 fully saturated rings. The quantitative estimate of drug-likeness (QED) is 0.926. The van der Waals surface area contributed by atoms with Crippen molar-refractivity contribution in [1.82, 2.24) is 0 Å². The molecule has 1 unspecified atom stereocenters. The smallest absolute Gasteiger partial charge is 0.147 e. The van der Waals surface area contributed by atoms with Gasteiger partial charge in [-0.05, 0) is 47.0 Å². The maximum atomic E-state index is 5.47. The summed E-state index contributed by atoms with van der Waals surface area (Å²) in [6, 6.07) is 6.27. The number of anilines is 1. The number of aryl methyl sites for hydroxylation is 1. The van der Waals surface area contributed by atoms with E-state index in [4.69, 9.17) is 9.47 Å². The Kier molecular flexibility index (Phi) is 4.21. The van der Waals surface area contributed by atoms with Gasteiger partial charge in [0.2, 0.25) is 0 Å². The van der Waals surface area contributed by atoms with Crippen LogP contribution in [0.25, 0.3) is 0 Å². The molecule has 0 aliphatic carbocycles. The monoisotopic (exact) mass is 285 g/mol. The maximum Gasteiger partial charge on any atom is 0.147 e. The largest absolute Gasteiger partial charge is 0.382 e. The third kappa shape index (κ3) is 3.20. The zero-order chi connectivity index (χ0) is 11.4. The molecule has 0 bridgehead atoms. The van der Waals surface area contributed by atoms with Crippen LogP contribution in [0.3, 0.4) is 0 Å². The van der Waals surface area contributed by atoms with E-state index in [2.05, 4.69) is 46.4 Å². The summed E-state index contributed by atoms with van der Waals surface area (Å²) >= 11 is 3.53. The predicted octanol–water partition coefficient (Wildman–Crippen LogP) is 2.93. The van der Waals surface area contributed by atoms with Crippen LogP contribution in [-0.4, -0.2) is 26.0 Å². The van der Waals surface area contributed by atoms with Gasteiger partial charge in [-0.3, -0.25) is 0 Å². The summed E-state index contributed by atoms with van der Waals surface area (Å²) < 4.78 is 11.7. The van der Waals surface area contributed by atoms with Crippen LogP contribution in [-0.2, 0) is 9.47 Å². The van der Waals surface area contributed by atoms with Gasteiger partial charge in [0.25, 0.3) is 0 Å². The molecule has 0 radical (unpaired) electrons. The van der Waals surface area contributed by atoms with Gasteiger partial charge in [-0.1, -0.05) is 6.07 Å². The molecule has 0 saturated carbocycles. The maximum absolute atomic E-state index is 5.47. The summed E-state index contributed by atoms with van der Waals surface area (Å²) in [6.45, 7) is 4.12. The fourth-order valence-electron chi connectivity index (χ4n) is 1.66. The van der Waals surface area contributed by atoms with E-state index >= 15 is 0 Å². The first-order chi connectivity index (χ1) is 7.75. The molecule has 1 heterocycles. The van der Waals surface area contributed by atoms with E-state index in [0.29, 0.717) is 6.79 Å². The average Bonchev–Trinajstić information content (AvgIpc) is 2.32. The molecule has 1 aromatic carbocycles. The molecule has 1 aliphatic rings. The minimum Gasteiger partial charge on any atom is -0.382 e. The molecule has 2 rings (SSSR count). The van der Waals surface area contributed by atoms with Crippen molar-refractivity contribution in [3.8, 4) is 0 Å². The Balaban J connectivity index is 1.90. The Morgan fingerprint density at radius 2 is 2.38 bits per heavy atom. The Morgan fingerprint density at radius 1 is 1.50 bits per heavy atom. The van der Waals surface area contributed by atoms with Crippen molar-refractivity contribution in [2.75, 3.05) is 25.3 Å². The minimum atomic E-state index is 0.251. The number of rotatable bonds is 3. The van der Waals surface area contributed by atoms with Gasteiger partial charge in [-0.2, -0.15) is 0 Å². The van der Waals surface area contributed by atoms with Gasteiger partial charge in [0, 0.05) is 16.7 Å². The summed E-state index contributed by atoms with van der Waals surface area (Å²) in [6.07, 6.45) is 1.21. The Labute approximate surface area is 104 Å². The fraction of sp³-hybridized carbons (Fsp3) is 0.500. The molecule has 1 atom stereocenters. The first-order valence-corrected chi connectivity index (χ1v) is 6.24. The van der Waals surface area contributed by atoms with Crippen LogP contribution in [0.5, 0.6) is 0 Å². The Bertz CT molecular complexity index is 351. The second-order valence-corrected chi connectivity index (χ2v) is 4.82. The first kappa shape index (κ1) is 11.9. The van der Waals surface area contributed by atoms with E-state index < -0.39 is 0 Å². The highest BCUT2D eigenvalue weighted by Gasteiger charge is 2.13. The summed E-state index contributed by atoms with van der Waals surface area (Å²) in [7, 11) is 0. The predicted molar refractivity (Wildman–Crippen MR) is 67.7 cm³/mol. The Morgan fingerprint density at radius 3 is 3.12 bits per heavy atom. The van der Waals surface area contributed by atoms with Crippen molar-refractivity contribution in [3.63, 3.8) is 0 Å². The molecular formula is C12H16BrNO2. The highest BCUT2D eigenvalue weighted by atomic mass is 79.9. The van der Waals surface area contributed by atoms with Crippen LogP contribution in [0.2, 0.25) is 0 Å². The summed E-state index contributed by atoms with van der Waals surface area (Å²) in [4.78, 5) is 0. The van der Waals surface area contributed by atoms with E-state index in [1.54, 1.807) is 0 Å². The lowest BCUT2D eigenvalue weighted by Gasteiger charge is -2.23. The van der Waals surface area contributed by atoms with Gasteiger partial charge in [0.1, 0.15) is 6.79 Å². The van der Waals surface area contributed by atoms with E-state index in [0.717, 1.165) is 29.7 Å². The molecule has 0 aromatic heterocycles. The van der Waals surface area contributed by atoms with Crippen molar-refractivity contribution in [1.29, 1.82) is 0 Å². The molecule has 1 N–H and O–H groups in total. The van der Waals surface area contributed by atoms with E-state index in [-0.39, 0.29) is 6.10 Å². The van der Waals surface area contributed by atoms with Crippen LogP contribution < -0.4 is 5.32 Å². The van der Waals surface area contributed by atoms with Gasteiger partial charge in [0.05, 0.1) is 12.7 Å². The molecule has 88 valence electrons. The van der Waals surface area contributed by atoms with Gasteiger partial charge in [0.15, 0.2) is 0 Å². The second-order valence-electron chi connectivity index (χ2n) is 3.97. The van der Waals surface area contributed by atoms with Gasteiger partial charge < -0.3 is 14.8 Å². The van der Waals surface area contributed by atoms with Crippen LogP contribution in [0.15, 0.2) is 22.7 Å². The van der Waals surface area contributed by atoms with Crippen molar-refractivity contribution >= 4 is 21.6 Å². The van der Waals surface area contributed by atoms with Gasteiger partial charge >= 0.3 is 0 Å². The van der Waals surface area contributed by atoms with Crippen LogP contribution in [0.1, 0.15) is 12.0 Å². The molecule has 0 spiro atoms. The molecule has 1 aromatic rings. The topological polar surface area (TPSA) is 30.5 Å².